The highest BCUT2D eigenvalue weighted by Crippen LogP contribution is 2.34. The van der Waals surface area contributed by atoms with Gasteiger partial charge in [-0.2, -0.15) is 0 Å². The Morgan fingerprint density at radius 3 is 1.38 bits per heavy atom. The molecule has 4 unspecified atom stereocenters. The molecule has 7 nitrogen and oxygen atoms in total. The number of amides is 1. The van der Waals surface area contributed by atoms with Crippen LogP contribution in [0.1, 0.15) is 34.6 Å². The van der Waals surface area contributed by atoms with Gasteiger partial charge in [0, 0.05) is 13.1 Å². The Balaban J connectivity index is 1.45. The van der Waals surface area contributed by atoms with E-state index in [-0.39, 0.29) is 34.4 Å². The lowest BCUT2D eigenvalue weighted by Gasteiger charge is -2.35. The summed E-state index contributed by atoms with van der Waals surface area (Å²) in [5, 5.41) is 0. The van der Waals surface area contributed by atoms with Gasteiger partial charge in [0.05, 0.1) is 45.6 Å². The van der Waals surface area contributed by atoms with Crippen molar-refractivity contribution in [3.63, 3.8) is 0 Å². The largest absolute Gasteiger partial charge is 0.369 e. The molecule has 0 aliphatic carbocycles. The Bertz CT molecular complexity index is 538. The second-order valence-electron chi connectivity index (χ2n) is 9.73. The highest BCUT2D eigenvalue weighted by Gasteiger charge is 2.50. The van der Waals surface area contributed by atoms with Crippen molar-refractivity contribution >= 4 is 5.91 Å². The molecule has 4 saturated heterocycles. The molecule has 4 heterocycles. The number of carbonyl (C=O) groups excluding carboxylic acids is 1. The topological polar surface area (TPSA) is 73.7 Å². The molecule has 148 valence electrons. The van der Waals surface area contributed by atoms with Gasteiger partial charge in [-0.25, -0.2) is 0 Å². The maximum atomic E-state index is 13.4. The van der Waals surface area contributed by atoms with Gasteiger partial charge in [0.2, 0.25) is 5.91 Å². The lowest BCUT2D eigenvalue weighted by Crippen LogP contribution is -2.54. The molecule has 0 bridgehead atoms. The van der Waals surface area contributed by atoms with Gasteiger partial charge in [-0.05, 0) is 34.6 Å². The third-order valence-electron chi connectivity index (χ3n) is 5.89. The molecule has 4 rings (SSSR count). The van der Waals surface area contributed by atoms with E-state index in [1.807, 2.05) is 11.8 Å². The van der Waals surface area contributed by atoms with Crippen LogP contribution in [0.3, 0.4) is 0 Å². The summed E-state index contributed by atoms with van der Waals surface area (Å²) in [7, 11) is 0. The van der Waals surface area contributed by atoms with Crippen LogP contribution in [0.4, 0.5) is 0 Å². The van der Waals surface area contributed by atoms with Gasteiger partial charge in [0.1, 0.15) is 22.4 Å². The molecule has 1 amide bonds. The smallest absolute Gasteiger partial charge is 0.239 e. The molecule has 4 aliphatic heterocycles. The van der Waals surface area contributed by atoms with E-state index in [2.05, 4.69) is 32.6 Å². The van der Waals surface area contributed by atoms with Crippen molar-refractivity contribution in [2.75, 3.05) is 52.6 Å². The van der Waals surface area contributed by atoms with Gasteiger partial charge in [-0.1, -0.05) is 0 Å². The van der Waals surface area contributed by atoms with Crippen LogP contribution in [0.25, 0.3) is 0 Å². The van der Waals surface area contributed by atoms with E-state index in [0.717, 1.165) is 26.3 Å². The van der Waals surface area contributed by atoms with Crippen molar-refractivity contribution in [1.29, 1.82) is 0 Å². The van der Waals surface area contributed by atoms with Gasteiger partial charge >= 0.3 is 0 Å². The average Bonchev–Trinajstić information content (AvgIpc) is 3.36. The van der Waals surface area contributed by atoms with Gasteiger partial charge in [-0.15, -0.1) is 0 Å². The molecule has 0 aromatic rings. The molecule has 0 aromatic heterocycles. The second kappa shape index (κ2) is 5.88. The third-order valence-corrected chi connectivity index (χ3v) is 5.89. The molecule has 26 heavy (non-hydrogen) atoms. The molecule has 0 saturated carbocycles. The monoisotopic (exact) mass is 368 g/mol. The summed E-state index contributed by atoms with van der Waals surface area (Å²) in [6.07, 6.45) is 0. The van der Waals surface area contributed by atoms with Gasteiger partial charge in [0.25, 0.3) is 0 Å². The van der Waals surface area contributed by atoms with Crippen LogP contribution in [0.15, 0.2) is 0 Å². The van der Waals surface area contributed by atoms with Crippen molar-refractivity contribution in [1.82, 2.24) is 9.80 Å². The van der Waals surface area contributed by atoms with E-state index in [1.54, 1.807) is 0 Å². The first-order valence-corrected chi connectivity index (χ1v) is 9.62. The van der Waals surface area contributed by atoms with Crippen molar-refractivity contribution in [3.05, 3.63) is 0 Å². The molecular weight excluding hydrogens is 336 g/mol. The van der Waals surface area contributed by atoms with Crippen LogP contribution in [-0.2, 0) is 23.7 Å². The maximum Gasteiger partial charge on any atom is 0.239 e. The maximum absolute atomic E-state index is 13.4. The normalized spacial score (nSPS) is 43.9. The molecule has 0 radical (unpaired) electrons. The van der Waals surface area contributed by atoms with Gasteiger partial charge in [-0.3, -0.25) is 9.69 Å². The number of epoxide rings is 4. The number of ether oxygens (including phenoxy) is 4. The zero-order valence-electron chi connectivity index (χ0n) is 16.7. The lowest BCUT2D eigenvalue weighted by atomic mass is 10.1. The number of hydrogen-bond donors (Lipinski definition) is 0. The fraction of sp³-hybridized carbons (Fsp3) is 0.947. The zero-order valence-corrected chi connectivity index (χ0v) is 16.7. The van der Waals surface area contributed by atoms with Crippen molar-refractivity contribution < 1.29 is 23.7 Å². The van der Waals surface area contributed by atoms with E-state index < -0.39 is 0 Å². The Morgan fingerprint density at radius 2 is 1.08 bits per heavy atom. The molecular formula is C19H32N2O5. The highest BCUT2D eigenvalue weighted by molar-refractivity contribution is 5.81. The Morgan fingerprint density at radius 1 is 0.769 bits per heavy atom. The minimum absolute atomic E-state index is 0.131. The van der Waals surface area contributed by atoms with E-state index in [4.69, 9.17) is 18.9 Å². The lowest BCUT2D eigenvalue weighted by molar-refractivity contribution is -0.138. The first-order chi connectivity index (χ1) is 12.0. The first-order valence-electron chi connectivity index (χ1n) is 9.62. The molecule has 4 fully saturated rings. The number of rotatable bonds is 10. The molecule has 0 N–H and O–H groups in total. The summed E-state index contributed by atoms with van der Waals surface area (Å²) in [4.78, 5) is 17.6. The zero-order chi connectivity index (χ0) is 18.8. The molecule has 5 atom stereocenters. The number of hydrogen-bond acceptors (Lipinski definition) is 6. The van der Waals surface area contributed by atoms with E-state index in [9.17, 15) is 4.79 Å². The standard InChI is InChI=1S/C19H32N2O5/c1-14(20(6-16(2)10-23-16)7-17(3)11-24-17)15(22)21(8-18(4)12-25-18)9-19(5)13-26-19/h14H,6-13H2,1-5H3/t14-,16?,17?,18?,19?/m0/s1. The quantitative estimate of drug-likeness (QED) is 0.528. The molecule has 0 spiro atoms. The van der Waals surface area contributed by atoms with Crippen LogP contribution >= 0.6 is 0 Å². The summed E-state index contributed by atoms with van der Waals surface area (Å²) >= 11 is 0. The van der Waals surface area contributed by atoms with Gasteiger partial charge < -0.3 is 23.8 Å². The molecule has 4 aliphatic rings. The fourth-order valence-corrected chi connectivity index (χ4v) is 3.49. The van der Waals surface area contributed by atoms with Crippen LogP contribution in [0, 0.1) is 0 Å². The Hall–Kier alpha value is -0.730. The van der Waals surface area contributed by atoms with Crippen molar-refractivity contribution in [2.24, 2.45) is 0 Å². The second-order valence-corrected chi connectivity index (χ2v) is 9.73. The minimum Gasteiger partial charge on any atom is -0.369 e. The summed E-state index contributed by atoms with van der Waals surface area (Å²) in [5.41, 5.74) is -0.686. The van der Waals surface area contributed by atoms with E-state index in [0.29, 0.717) is 26.3 Å². The fourth-order valence-electron chi connectivity index (χ4n) is 3.49. The summed E-state index contributed by atoms with van der Waals surface area (Å²) in [5.74, 6) is 0.131. The molecule has 0 aromatic carbocycles. The van der Waals surface area contributed by atoms with Crippen LogP contribution in [0.5, 0.6) is 0 Å². The SMILES string of the molecule is C[C@@H](C(=O)N(CC1(C)CO1)CC1(C)CO1)N(CC1(C)CO1)CC1(C)CO1. The number of carbonyl (C=O) groups is 1. The first kappa shape index (κ1) is 18.6. The van der Waals surface area contributed by atoms with Crippen LogP contribution in [-0.4, -0.2) is 96.8 Å². The van der Waals surface area contributed by atoms with Crippen LogP contribution < -0.4 is 0 Å². The van der Waals surface area contributed by atoms with Crippen molar-refractivity contribution in [2.45, 2.75) is 63.1 Å². The van der Waals surface area contributed by atoms with Gasteiger partial charge in [0.15, 0.2) is 0 Å². The predicted octanol–water partition coefficient (Wildman–Crippen LogP) is 0.661. The summed E-state index contributed by atoms with van der Waals surface area (Å²) in [6, 6.07) is -0.234. The van der Waals surface area contributed by atoms with Crippen LogP contribution in [0.2, 0.25) is 0 Å². The Labute approximate surface area is 155 Å². The summed E-state index contributed by atoms with van der Waals surface area (Å²) < 4.78 is 22.3. The molecule has 7 heteroatoms. The van der Waals surface area contributed by atoms with E-state index >= 15 is 0 Å². The predicted molar refractivity (Wildman–Crippen MR) is 95.0 cm³/mol. The average molecular weight is 368 g/mol. The van der Waals surface area contributed by atoms with E-state index in [1.165, 1.54) is 0 Å². The highest BCUT2D eigenvalue weighted by atomic mass is 16.6. The van der Waals surface area contributed by atoms with Crippen molar-refractivity contribution in [3.8, 4) is 0 Å². The third kappa shape index (κ3) is 4.39. The minimum atomic E-state index is -0.234. The number of nitrogens with zero attached hydrogens (tertiary/aromatic N) is 2. The Kier molecular flexibility index (Phi) is 4.21. The summed E-state index contributed by atoms with van der Waals surface area (Å²) in [6.45, 7) is 16.0.